The van der Waals surface area contributed by atoms with Crippen molar-refractivity contribution in [3.05, 3.63) is 24.3 Å². The van der Waals surface area contributed by atoms with Crippen LogP contribution >= 0.6 is 0 Å². The van der Waals surface area contributed by atoms with E-state index in [-0.39, 0.29) is 5.75 Å². The van der Waals surface area contributed by atoms with E-state index in [9.17, 15) is 8.42 Å². The summed E-state index contributed by atoms with van der Waals surface area (Å²) >= 11 is 0. The summed E-state index contributed by atoms with van der Waals surface area (Å²) in [4.78, 5) is 2.14. The molecule has 5 nitrogen and oxygen atoms in total. The van der Waals surface area contributed by atoms with Crippen molar-refractivity contribution < 1.29 is 13.2 Å². The van der Waals surface area contributed by atoms with Crippen LogP contribution in [0.5, 0.6) is 0 Å². The zero-order valence-electron chi connectivity index (χ0n) is 10.4. The molecule has 0 aromatic heterocycles. The molecule has 6 heteroatoms. The Labute approximate surface area is 108 Å². The molecule has 1 aliphatic heterocycles. The maximum Gasteiger partial charge on any atom is 0.232 e. The number of sulfonamides is 1. The lowest BCUT2D eigenvalue weighted by molar-refractivity contribution is 0.123. The predicted molar refractivity (Wildman–Crippen MR) is 72.6 cm³/mol. The van der Waals surface area contributed by atoms with Crippen molar-refractivity contribution in [3.63, 3.8) is 0 Å². The molecule has 0 radical (unpaired) electrons. The van der Waals surface area contributed by atoms with Crippen molar-refractivity contribution in [2.75, 3.05) is 41.7 Å². The van der Waals surface area contributed by atoms with Gasteiger partial charge in [-0.1, -0.05) is 12.1 Å². The molecule has 1 aromatic carbocycles. The van der Waals surface area contributed by atoms with Gasteiger partial charge >= 0.3 is 0 Å². The van der Waals surface area contributed by atoms with Crippen molar-refractivity contribution in [1.29, 1.82) is 0 Å². The van der Waals surface area contributed by atoms with Gasteiger partial charge < -0.3 is 9.64 Å². The quantitative estimate of drug-likeness (QED) is 0.895. The van der Waals surface area contributed by atoms with Crippen LogP contribution < -0.4 is 9.62 Å². The van der Waals surface area contributed by atoms with Gasteiger partial charge in [0.25, 0.3) is 0 Å². The first-order chi connectivity index (χ1) is 8.62. The monoisotopic (exact) mass is 270 g/mol. The van der Waals surface area contributed by atoms with Crippen molar-refractivity contribution in [3.8, 4) is 0 Å². The standard InChI is InChI=1S/C12H18N2O3S/c1-2-18(15,16)13-11-5-3-4-6-12(11)14-7-9-17-10-8-14/h3-6,13H,2,7-10H2,1H3. The summed E-state index contributed by atoms with van der Waals surface area (Å²) in [6.45, 7) is 4.54. The summed E-state index contributed by atoms with van der Waals surface area (Å²) in [5.41, 5.74) is 1.55. The number of benzene rings is 1. The van der Waals surface area contributed by atoms with Crippen molar-refractivity contribution in [2.24, 2.45) is 0 Å². The second-order valence-electron chi connectivity index (χ2n) is 4.12. The molecule has 0 atom stereocenters. The number of morpholine rings is 1. The van der Waals surface area contributed by atoms with Crippen molar-refractivity contribution in [1.82, 2.24) is 0 Å². The Morgan fingerprint density at radius 3 is 2.61 bits per heavy atom. The Hall–Kier alpha value is -1.27. The predicted octanol–water partition coefficient (Wildman–Crippen LogP) is 1.28. The highest BCUT2D eigenvalue weighted by molar-refractivity contribution is 7.92. The number of rotatable bonds is 4. The van der Waals surface area contributed by atoms with Gasteiger partial charge in [-0.05, 0) is 19.1 Å². The molecule has 1 heterocycles. The Balaban J connectivity index is 2.25. The summed E-state index contributed by atoms with van der Waals surface area (Å²) < 4.78 is 31.2. The lowest BCUT2D eigenvalue weighted by Gasteiger charge is -2.30. The summed E-state index contributed by atoms with van der Waals surface area (Å²) in [7, 11) is -3.24. The molecule has 0 saturated carbocycles. The number of anilines is 2. The molecule has 0 aliphatic carbocycles. The number of para-hydroxylation sites is 2. The molecular weight excluding hydrogens is 252 g/mol. The SMILES string of the molecule is CCS(=O)(=O)Nc1ccccc1N1CCOCC1. The highest BCUT2D eigenvalue weighted by Gasteiger charge is 2.16. The van der Waals surface area contributed by atoms with E-state index in [0.717, 1.165) is 18.8 Å². The van der Waals surface area contributed by atoms with Crippen LogP contribution in [0.1, 0.15) is 6.92 Å². The van der Waals surface area contributed by atoms with Gasteiger partial charge in [0.2, 0.25) is 10.0 Å². The van der Waals surface area contributed by atoms with Gasteiger partial charge in [-0.2, -0.15) is 0 Å². The molecule has 0 bridgehead atoms. The van der Waals surface area contributed by atoms with Crippen LogP contribution in [0.2, 0.25) is 0 Å². The van der Waals surface area contributed by atoms with Crippen LogP contribution in [-0.2, 0) is 14.8 Å². The minimum atomic E-state index is -3.24. The Bertz CT molecular complexity index is 496. The van der Waals surface area contributed by atoms with Crippen molar-refractivity contribution >= 4 is 21.4 Å². The molecule has 1 N–H and O–H groups in total. The van der Waals surface area contributed by atoms with Crippen LogP contribution in [0.3, 0.4) is 0 Å². The molecule has 1 aliphatic rings. The van der Waals surface area contributed by atoms with Gasteiger partial charge in [0.15, 0.2) is 0 Å². The fourth-order valence-electron chi connectivity index (χ4n) is 1.88. The lowest BCUT2D eigenvalue weighted by Crippen LogP contribution is -2.36. The molecule has 2 rings (SSSR count). The highest BCUT2D eigenvalue weighted by Crippen LogP contribution is 2.27. The van der Waals surface area contributed by atoms with Gasteiger partial charge in [-0.15, -0.1) is 0 Å². The molecule has 0 unspecified atom stereocenters. The number of nitrogens with one attached hydrogen (secondary N) is 1. The Morgan fingerprint density at radius 1 is 1.28 bits per heavy atom. The van der Waals surface area contributed by atoms with E-state index in [1.54, 1.807) is 13.0 Å². The molecule has 1 fully saturated rings. The van der Waals surface area contributed by atoms with E-state index >= 15 is 0 Å². The highest BCUT2D eigenvalue weighted by atomic mass is 32.2. The number of hydrogen-bond donors (Lipinski definition) is 1. The smallest absolute Gasteiger partial charge is 0.232 e. The first kappa shape index (κ1) is 13.2. The molecule has 1 aromatic rings. The number of hydrogen-bond acceptors (Lipinski definition) is 4. The van der Waals surface area contributed by atoms with Crippen LogP contribution in [0, 0.1) is 0 Å². The average molecular weight is 270 g/mol. The minimum absolute atomic E-state index is 0.0739. The first-order valence-electron chi connectivity index (χ1n) is 6.04. The summed E-state index contributed by atoms with van der Waals surface area (Å²) in [5.74, 6) is 0.0739. The van der Waals surface area contributed by atoms with Gasteiger partial charge in [0.05, 0.1) is 30.3 Å². The third-order valence-corrected chi connectivity index (χ3v) is 4.19. The van der Waals surface area contributed by atoms with E-state index in [1.807, 2.05) is 18.2 Å². The maximum atomic E-state index is 11.6. The third kappa shape index (κ3) is 3.14. The van der Waals surface area contributed by atoms with E-state index < -0.39 is 10.0 Å². The Kier molecular flexibility index (Phi) is 4.08. The zero-order chi connectivity index (χ0) is 13.0. The number of nitrogens with zero attached hydrogens (tertiary/aromatic N) is 1. The van der Waals surface area contributed by atoms with E-state index in [0.29, 0.717) is 18.9 Å². The number of ether oxygens (including phenoxy) is 1. The van der Waals surface area contributed by atoms with Crippen LogP contribution in [-0.4, -0.2) is 40.5 Å². The van der Waals surface area contributed by atoms with Crippen molar-refractivity contribution in [2.45, 2.75) is 6.92 Å². The summed E-state index contributed by atoms with van der Waals surface area (Å²) in [5, 5.41) is 0. The van der Waals surface area contributed by atoms with E-state index in [4.69, 9.17) is 4.74 Å². The average Bonchev–Trinajstić information content (AvgIpc) is 2.40. The van der Waals surface area contributed by atoms with Gasteiger partial charge in [0, 0.05) is 13.1 Å². The first-order valence-corrected chi connectivity index (χ1v) is 7.70. The van der Waals surface area contributed by atoms with Gasteiger partial charge in [-0.3, -0.25) is 4.72 Å². The Morgan fingerprint density at radius 2 is 1.94 bits per heavy atom. The summed E-state index contributed by atoms with van der Waals surface area (Å²) in [6.07, 6.45) is 0. The fraction of sp³-hybridized carbons (Fsp3) is 0.500. The lowest BCUT2D eigenvalue weighted by atomic mass is 10.2. The second kappa shape index (κ2) is 5.58. The second-order valence-corrected chi connectivity index (χ2v) is 6.13. The molecule has 0 amide bonds. The summed E-state index contributed by atoms with van der Waals surface area (Å²) in [6, 6.07) is 7.46. The van der Waals surface area contributed by atoms with Crippen LogP contribution in [0.15, 0.2) is 24.3 Å². The fourth-order valence-corrected chi connectivity index (χ4v) is 2.53. The largest absolute Gasteiger partial charge is 0.378 e. The van der Waals surface area contributed by atoms with Gasteiger partial charge in [-0.25, -0.2) is 8.42 Å². The molecular formula is C12H18N2O3S. The third-order valence-electron chi connectivity index (χ3n) is 2.90. The minimum Gasteiger partial charge on any atom is -0.378 e. The van der Waals surface area contributed by atoms with E-state index in [2.05, 4.69) is 9.62 Å². The zero-order valence-corrected chi connectivity index (χ0v) is 11.2. The molecule has 0 spiro atoms. The van der Waals surface area contributed by atoms with E-state index in [1.165, 1.54) is 0 Å². The van der Waals surface area contributed by atoms with Crippen LogP contribution in [0.25, 0.3) is 0 Å². The topological polar surface area (TPSA) is 58.6 Å². The molecule has 18 heavy (non-hydrogen) atoms. The molecule has 100 valence electrons. The van der Waals surface area contributed by atoms with Gasteiger partial charge in [0.1, 0.15) is 0 Å². The maximum absolute atomic E-state index is 11.6. The molecule has 1 saturated heterocycles. The normalized spacial score (nSPS) is 16.6. The van der Waals surface area contributed by atoms with Crippen LogP contribution in [0.4, 0.5) is 11.4 Å².